The molecule has 0 radical (unpaired) electrons. The predicted octanol–water partition coefficient (Wildman–Crippen LogP) is 5.48. The maximum absolute atomic E-state index is 14.0. The Balaban J connectivity index is 2.05. The summed E-state index contributed by atoms with van der Waals surface area (Å²) in [6.07, 6.45) is 0.735. The fourth-order valence-corrected chi connectivity index (χ4v) is 5.69. The van der Waals surface area contributed by atoms with Gasteiger partial charge in [0.2, 0.25) is 11.8 Å². The highest BCUT2D eigenvalue weighted by Crippen LogP contribution is 2.29. The Kier molecular flexibility index (Phi) is 10.2. The molecule has 3 aromatic carbocycles. The molecular formula is C30H36ClN3O4S. The molecule has 39 heavy (non-hydrogen) atoms. The molecule has 0 heterocycles. The van der Waals surface area contributed by atoms with Gasteiger partial charge in [-0.15, -0.1) is 0 Å². The van der Waals surface area contributed by atoms with Crippen molar-refractivity contribution < 1.29 is 18.0 Å². The third kappa shape index (κ3) is 7.40. The number of hydrogen-bond donors (Lipinski definition) is 1. The quantitative estimate of drug-likeness (QED) is 0.331. The molecule has 1 N–H and O–H groups in total. The Morgan fingerprint density at radius 1 is 0.923 bits per heavy atom. The van der Waals surface area contributed by atoms with Crippen LogP contribution in [0.4, 0.5) is 5.69 Å². The van der Waals surface area contributed by atoms with Crippen LogP contribution in [-0.2, 0) is 26.2 Å². The van der Waals surface area contributed by atoms with Gasteiger partial charge in [-0.25, -0.2) is 8.42 Å². The molecule has 0 saturated heterocycles. The summed E-state index contributed by atoms with van der Waals surface area (Å²) in [5.74, 6) is -0.812. The van der Waals surface area contributed by atoms with Crippen LogP contribution in [0.5, 0.6) is 0 Å². The van der Waals surface area contributed by atoms with Crippen LogP contribution in [0.15, 0.2) is 77.7 Å². The van der Waals surface area contributed by atoms with Crippen molar-refractivity contribution in [1.82, 2.24) is 10.2 Å². The second-order valence-electron chi connectivity index (χ2n) is 9.69. The van der Waals surface area contributed by atoms with Gasteiger partial charge in [-0.2, -0.15) is 0 Å². The lowest BCUT2D eigenvalue weighted by atomic mass is 10.1. The van der Waals surface area contributed by atoms with Gasteiger partial charge >= 0.3 is 0 Å². The van der Waals surface area contributed by atoms with E-state index in [0.717, 1.165) is 27.4 Å². The average molecular weight is 570 g/mol. The van der Waals surface area contributed by atoms with Gasteiger partial charge < -0.3 is 10.2 Å². The minimum absolute atomic E-state index is 0.0719. The molecule has 0 aromatic heterocycles. The zero-order valence-electron chi connectivity index (χ0n) is 23.0. The number of sulfonamides is 1. The summed E-state index contributed by atoms with van der Waals surface area (Å²) in [6.45, 7) is 8.86. The molecule has 0 spiro atoms. The highest BCUT2D eigenvalue weighted by Gasteiger charge is 2.33. The Bertz CT molecular complexity index is 1400. The van der Waals surface area contributed by atoms with Crippen molar-refractivity contribution >= 4 is 39.1 Å². The van der Waals surface area contributed by atoms with Crippen molar-refractivity contribution in [2.45, 2.75) is 64.6 Å². The molecule has 3 rings (SSSR count). The van der Waals surface area contributed by atoms with E-state index in [1.165, 1.54) is 17.0 Å². The second-order valence-corrected chi connectivity index (χ2v) is 12.0. The highest BCUT2D eigenvalue weighted by molar-refractivity contribution is 7.92. The van der Waals surface area contributed by atoms with E-state index in [1.807, 2.05) is 33.8 Å². The van der Waals surface area contributed by atoms with Gasteiger partial charge in [0.15, 0.2) is 0 Å². The molecule has 3 aromatic rings. The third-order valence-electron chi connectivity index (χ3n) is 6.89. The normalized spacial score (nSPS) is 12.9. The van der Waals surface area contributed by atoms with Crippen LogP contribution in [-0.4, -0.2) is 43.8 Å². The molecule has 0 fully saturated rings. The Morgan fingerprint density at radius 3 is 2.18 bits per heavy atom. The molecule has 0 aliphatic heterocycles. The van der Waals surface area contributed by atoms with E-state index in [1.54, 1.807) is 61.5 Å². The second kappa shape index (κ2) is 13.1. The Labute approximate surface area is 236 Å². The zero-order valence-corrected chi connectivity index (χ0v) is 24.6. The number of amides is 2. The number of halogens is 1. The van der Waals surface area contributed by atoms with E-state index in [0.29, 0.717) is 10.7 Å². The summed E-state index contributed by atoms with van der Waals surface area (Å²) < 4.78 is 28.9. The number of aryl methyl sites for hydroxylation is 1. The van der Waals surface area contributed by atoms with E-state index in [4.69, 9.17) is 11.6 Å². The number of benzene rings is 3. The minimum atomic E-state index is -4.10. The molecule has 0 unspecified atom stereocenters. The molecule has 0 aliphatic rings. The summed E-state index contributed by atoms with van der Waals surface area (Å²) >= 11 is 6.05. The molecule has 2 amide bonds. The van der Waals surface area contributed by atoms with E-state index < -0.39 is 28.5 Å². The summed E-state index contributed by atoms with van der Waals surface area (Å²) in [7, 11) is -4.10. The van der Waals surface area contributed by atoms with Gasteiger partial charge in [-0.05, 0) is 81.1 Å². The fraction of sp³-hybridized carbons (Fsp3) is 0.333. The van der Waals surface area contributed by atoms with Gasteiger partial charge in [0.05, 0.1) is 10.6 Å². The smallest absolute Gasteiger partial charge is 0.264 e. The van der Waals surface area contributed by atoms with Crippen LogP contribution < -0.4 is 9.62 Å². The number of nitrogens with zero attached hydrogens (tertiary/aromatic N) is 2. The van der Waals surface area contributed by atoms with Crippen LogP contribution in [0.3, 0.4) is 0 Å². The van der Waals surface area contributed by atoms with Crippen molar-refractivity contribution in [2.75, 3.05) is 10.8 Å². The van der Waals surface area contributed by atoms with Gasteiger partial charge in [0.1, 0.15) is 12.6 Å². The molecular weight excluding hydrogens is 534 g/mol. The number of rotatable bonds is 11. The van der Waals surface area contributed by atoms with Gasteiger partial charge in [-0.3, -0.25) is 13.9 Å². The summed E-state index contributed by atoms with van der Waals surface area (Å²) in [5.41, 5.74) is 2.82. The van der Waals surface area contributed by atoms with E-state index in [2.05, 4.69) is 5.32 Å². The van der Waals surface area contributed by atoms with Crippen LogP contribution in [0, 0.1) is 13.8 Å². The minimum Gasteiger partial charge on any atom is -0.352 e. The van der Waals surface area contributed by atoms with Crippen LogP contribution in [0.25, 0.3) is 0 Å². The van der Waals surface area contributed by atoms with Gasteiger partial charge in [-0.1, -0.05) is 61.0 Å². The largest absolute Gasteiger partial charge is 0.352 e. The maximum atomic E-state index is 14.0. The van der Waals surface area contributed by atoms with Crippen LogP contribution in [0.2, 0.25) is 5.02 Å². The molecule has 208 valence electrons. The zero-order chi connectivity index (χ0) is 28.7. The first-order valence-electron chi connectivity index (χ1n) is 12.9. The van der Waals surface area contributed by atoms with Crippen molar-refractivity contribution in [3.63, 3.8) is 0 Å². The van der Waals surface area contributed by atoms with Crippen molar-refractivity contribution in [1.29, 1.82) is 0 Å². The third-order valence-corrected chi connectivity index (χ3v) is 8.92. The summed E-state index contributed by atoms with van der Waals surface area (Å²) in [4.78, 5) is 28.6. The first-order chi connectivity index (χ1) is 18.4. The molecule has 9 heteroatoms. The Hall–Kier alpha value is -3.36. The molecule has 0 bridgehead atoms. The lowest BCUT2D eigenvalue weighted by Gasteiger charge is -2.33. The van der Waals surface area contributed by atoms with E-state index in [-0.39, 0.29) is 23.4 Å². The number of nitrogens with one attached hydrogen (secondary N) is 1. The summed E-state index contributed by atoms with van der Waals surface area (Å²) in [5, 5.41) is 3.48. The highest BCUT2D eigenvalue weighted by atomic mass is 35.5. The van der Waals surface area contributed by atoms with E-state index in [9.17, 15) is 18.0 Å². The lowest BCUT2D eigenvalue weighted by Crippen LogP contribution is -2.52. The monoisotopic (exact) mass is 569 g/mol. The van der Waals surface area contributed by atoms with Crippen LogP contribution in [0.1, 0.15) is 43.9 Å². The number of anilines is 1. The van der Waals surface area contributed by atoms with Crippen molar-refractivity contribution in [2.24, 2.45) is 0 Å². The van der Waals surface area contributed by atoms with Gasteiger partial charge in [0, 0.05) is 17.6 Å². The molecule has 0 saturated carbocycles. The number of carbonyl (C=O) groups excluding carboxylic acids is 2. The maximum Gasteiger partial charge on any atom is 0.264 e. The van der Waals surface area contributed by atoms with Crippen molar-refractivity contribution in [3.05, 3.63) is 94.5 Å². The first kappa shape index (κ1) is 30.2. The lowest BCUT2D eigenvalue weighted by molar-refractivity contribution is -0.139. The average Bonchev–Trinajstić information content (AvgIpc) is 2.92. The predicted molar refractivity (Wildman–Crippen MR) is 156 cm³/mol. The SMILES string of the molecule is CC[C@@H](C)NC(=O)[C@H](C)N(Cc1ccc(Cl)cc1)C(=O)CN(c1cccc(C)c1C)S(=O)(=O)c1ccccc1. The fourth-order valence-electron chi connectivity index (χ4n) is 4.07. The summed E-state index contributed by atoms with van der Waals surface area (Å²) in [6, 6.07) is 19.5. The number of hydrogen-bond acceptors (Lipinski definition) is 4. The standard InChI is InChI=1S/C30H36ClN3O4S/c1-6-22(3)32-30(36)24(5)33(19-25-15-17-26(31)18-16-25)29(35)20-34(28-14-10-11-21(2)23(28)4)39(37,38)27-12-8-7-9-13-27/h7-18,22,24H,6,19-20H2,1-5H3,(H,32,36)/t22-,24+/m1/s1. The van der Waals surface area contributed by atoms with E-state index >= 15 is 0 Å². The Morgan fingerprint density at radius 2 is 1.56 bits per heavy atom. The van der Waals surface area contributed by atoms with Gasteiger partial charge in [0.25, 0.3) is 10.0 Å². The van der Waals surface area contributed by atoms with Crippen LogP contribution >= 0.6 is 11.6 Å². The molecule has 2 atom stereocenters. The molecule has 0 aliphatic carbocycles. The van der Waals surface area contributed by atoms with Crippen molar-refractivity contribution in [3.8, 4) is 0 Å². The molecule has 7 nitrogen and oxygen atoms in total. The number of carbonyl (C=O) groups is 2. The first-order valence-corrected chi connectivity index (χ1v) is 14.8. The topological polar surface area (TPSA) is 86.8 Å².